The van der Waals surface area contributed by atoms with Gasteiger partial charge in [0.1, 0.15) is 0 Å². The number of aromatic nitrogens is 1. The minimum absolute atomic E-state index is 0.123. The highest BCUT2D eigenvalue weighted by atomic mass is 16.3. The summed E-state index contributed by atoms with van der Waals surface area (Å²) in [5.74, 6) is 0.123. The van der Waals surface area contributed by atoms with Gasteiger partial charge < -0.3 is 5.11 Å². The van der Waals surface area contributed by atoms with Crippen LogP contribution in [-0.4, -0.2) is 16.2 Å². The molecule has 2 atom stereocenters. The zero-order valence-corrected chi connectivity index (χ0v) is 9.95. The van der Waals surface area contributed by atoms with Crippen molar-refractivity contribution in [1.29, 1.82) is 0 Å². The molecule has 2 heteroatoms. The predicted molar refractivity (Wildman–Crippen MR) is 68.8 cm³/mol. The highest BCUT2D eigenvalue weighted by Crippen LogP contribution is 2.20. The lowest BCUT2D eigenvalue weighted by Crippen LogP contribution is -2.19. The van der Waals surface area contributed by atoms with E-state index in [0.29, 0.717) is 6.42 Å². The second kappa shape index (κ2) is 5.60. The second-order valence-electron chi connectivity index (χ2n) is 4.29. The van der Waals surface area contributed by atoms with Crippen LogP contribution in [0.3, 0.4) is 0 Å². The van der Waals surface area contributed by atoms with Crippen molar-refractivity contribution < 1.29 is 5.11 Å². The van der Waals surface area contributed by atoms with Crippen LogP contribution in [0.25, 0.3) is 0 Å². The minimum atomic E-state index is -0.396. The molecule has 0 bridgehead atoms. The van der Waals surface area contributed by atoms with Crippen LogP contribution in [0.5, 0.6) is 0 Å². The molecule has 17 heavy (non-hydrogen) atoms. The molecular weight excluding hydrogens is 210 g/mol. The van der Waals surface area contributed by atoms with Gasteiger partial charge in [0, 0.05) is 24.2 Å². The van der Waals surface area contributed by atoms with E-state index >= 15 is 0 Å². The first-order valence-corrected chi connectivity index (χ1v) is 5.90. The van der Waals surface area contributed by atoms with Crippen LogP contribution in [0.15, 0.2) is 54.7 Å². The number of aliphatic hydroxyl groups is 1. The van der Waals surface area contributed by atoms with Gasteiger partial charge in [0.05, 0.1) is 6.10 Å². The number of nitrogens with zero attached hydrogens (tertiary/aromatic N) is 1. The SMILES string of the molecule is CC(c1ccccc1)C(O)Cc1ccccn1. The van der Waals surface area contributed by atoms with Gasteiger partial charge in [-0.05, 0) is 17.7 Å². The minimum Gasteiger partial charge on any atom is -0.392 e. The van der Waals surface area contributed by atoms with Crippen LogP contribution in [0.4, 0.5) is 0 Å². The number of rotatable bonds is 4. The molecule has 88 valence electrons. The summed E-state index contributed by atoms with van der Waals surface area (Å²) >= 11 is 0. The molecule has 0 aliphatic heterocycles. The molecule has 1 heterocycles. The summed E-state index contributed by atoms with van der Waals surface area (Å²) in [5, 5.41) is 10.2. The third-order valence-electron chi connectivity index (χ3n) is 3.05. The van der Waals surface area contributed by atoms with Gasteiger partial charge in [-0.25, -0.2) is 0 Å². The van der Waals surface area contributed by atoms with Gasteiger partial charge in [0.2, 0.25) is 0 Å². The Morgan fingerprint density at radius 1 is 1.06 bits per heavy atom. The van der Waals surface area contributed by atoms with E-state index in [1.165, 1.54) is 0 Å². The Bertz CT molecular complexity index is 441. The van der Waals surface area contributed by atoms with E-state index < -0.39 is 6.10 Å². The lowest BCUT2D eigenvalue weighted by molar-refractivity contribution is 0.148. The van der Waals surface area contributed by atoms with E-state index in [-0.39, 0.29) is 5.92 Å². The largest absolute Gasteiger partial charge is 0.392 e. The lowest BCUT2D eigenvalue weighted by Gasteiger charge is -2.18. The number of hydrogen-bond donors (Lipinski definition) is 1. The fourth-order valence-corrected chi connectivity index (χ4v) is 1.89. The second-order valence-corrected chi connectivity index (χ2v) is 4.29. The maximum atomic E-state index is 10.2. The van der Waals surface area contributed by atoms with Crippen molar-refractivity contribution in [3.8, 4) is 0 Å². The summed E-state index contributed by atoms with van der Waals surface area (Å²) in [6.07, 6.45) is 1.96. The molecule has 0 saturated carbocycles. The number of pyridine rings is 1. The monoisotopic (exact) mass is 227 g/mol. The smallest absolute Gasteiger partial charge is 0.0661 e. The molecule has 2 nitrogen and oxygen atoms in total. The fraction of sp³-hybridized carbons (Fsp3) is 0.267. The average molecular weight is 227 g/mol. The van der Waals surface area contributed by atoms with Crippen molar-refractivity contribution >= 4 is 0 Å². The highest BCUT2D eigenvalue weighted by molar-refractivity contribution is 5.20. The molecule has 0 aliphatic rings. The van der Waals surface area contributed by atoms with Crippen molar-refractivity contribution in [3.05, 3.63) is 66.0 Å². The van der Waals surface area contributed by atoms with Crippen LogP contribution >= 0.6 is 0 Å². The molecule has 2 unspecified atom stereocenters. The van der Waals surface area contributed by atoms with Gasteiger partial charge in [-0.3, -0.25) is 4.98 Å². The van der Waals surface area contributed by atoms with Gasteiger partial charge in [0.15, 0.2) is 0 Å². The Morgan fingerprint density at radius 2 is 1.76 bits per heavy atom. The zero-order chi connectivity index (χ0) is 12.1. The Labute approximate surface area is 102 Å². The first-order chi connectivity index (χ1) is 8.27. The molecule has 1 aromatic carbocycles. The molecule has 0 radical (unpaired) electrons. The van der Waals surface area contributed by atoms with Crippen molar-refractivity contribution in [1.82, 2.24) is 4.98 Å². The quantitative estimate of drug-likeness (QED) is 0.871. The molecular formula is C15H17NO. The van der Waals surface area contributed by atoms with E-state index in [2.05, 4.69) is 4.98 Å². The molecule has 0 saturated heterocycles. The number of hydrogen-bond acceptors (Lipinski definition) is 2. The Morgan fingerprint density at radius 3 is 2.41 bits per heavy atom. The van der Waals surface area contributed by atoms with Crippen LogP contribution in [0.1, 0.15) is 24.1 Å². The third kappa shape index (κ3) is 3.14. The average Bonchev–Trinajstić information content (AvgIpc) is 2.40. The van der Waals surface area contributed by atoms with Gasteiger partial charge in [0.25, 0.3) is 0 Å². The topological polar surface area (TPSA) is 33.1 Å². The van der Waals surface area contributed by atoms with Crippen molar-refractivity contribution in [2.45, 2.75) is 25.4 Å². The maximum absolute atomic E-state index is 10.2. The molecule has 2 aromatic rings. The molecule has 0 aliphatic carbocycles. The van der Waals surface area contributed by atoms with E-state index in [0.717, 1.165) is 11.3 Å². The standard InChI is InChI=1S/C15H17NO/c1-12(13-7-3-2-4-8-13)15(17)11-14-9-5-6-10-16-14/h2-10,12,15,17H,11H2,1H3. The molecule has 1 N–H and O–H groups in total. The van der Waals surface area contributed by atoms with Gasteiger partial charge in [-0.1, -0.05) is 43.3 Å². The molecule has 2 rings (SSSR count). The zero-order valence-electron chi connectivity index (χ0n) is 9.95. The first kappa shape index (κ1) is 11.8. The van der Waals surface area contributed by atoms with Crippen LogP contribution in [-0.2, 0) is 6.42 Å². The Hall–Kier alpha value is -1.67. The third-order valence-corrected chi connectivity index (χ3v) is 3.05. The number of benzene rings is 1. The summed E-state index contributed by atoms with van der Waals surface area (Å²) in [7, 11) is 0. The molecule has 0 spiro atoms. The van der Waals surface area contributed by atoms with Crippen LogP contribution in [0.2, 0.25) is 0 Å². The summed E-state index contributed by atoms with van der Waals surface area (Å²) < 4.78 is 0. The Balaban J connectivity index is 2.03. The molecule has 0 fully saturated rings. The van der Waals surface area contributed by atoms with Gasteiger partial charge in [-0.15, -0.1) is 0 Å². The predicted octanol–water partition coefficient (Wildman–Crippen LogP) is 2.79. The summed E-state index contributed by atoms with van der Waals surface area (Å²) in [4.78, 5) is 4.23. The van der Waals surface area contributed by atoms with E-state index in [1.54, 1.807) is 6.20 Å². The van der Waals surface area contributed by atoms with Crippen molar-refractivity contribution in [3.63, 3.8) is 0 Å². The molecule has 1 aromatic heterocycles. The summed E-state index contributed by atoms with van der Waals surface area (Å²) in [5.41, 5.74) is 2.10. The Kier molecular flexibility index (Phi) is 3.89. The molecule has 0 amide bonds. The first-order valence-electron chi connectivity index (χ1n) is 5.90. The van der Waals surface area contributed by atoms with Crippen LogP contribution in [0, 0.1) is 0 Å². The normalized spacial score (nSPS) is 14.2. The van der Waals surface area contributed by atoms with Crippen molar-refractivity contribution in [2.75, 3.05) is 0 Å². The summed E-state index contributed by atoms with van der Waals surface area (Å²) in [6, 6.07) is 15.9. The lowest BCUT2D eigenvalue weighted by atomic mass is 9.92. The van der Waals surface area contributed by atoms with E-state index in [1.807, 2.05) is 55.5 Å². The maximum Gasteiger partial charge on any atom is 0.0661 e. The van der Waals surface area contributed by atoms with Gasteiger partial charge >= 0.3 is 0 Å². The number of aliphatic hydroxyl groups excluding tert-OH is 1. The van der Waals surface area contributed by atoms with Gasteiger partial charge in [-0.2, -0.15) is 0 Å². The van der Waals surface area contributed by atoms with E-state index in [4.69, 9.17) is 0 Å². The highest BCUT2D eigenvalue weighted by Gasteiger charge is 2.16. The summed E-state index contributed by atoms with van der Waals surface area (Å²) in [6.45, 7) is 2.04. The van der Waals surface area contributed by atoms with E-state index in [9.17, 15) is 5.11 Å². The fourth-order valence-electron chi connectivity index (χ4n) is 1.89. The van der Waals surface area contributed by atoms with Crippen LogP contribution < -0.4 is 0 Å². The van der Waals surface area contributed by atoms with Crippen molar-refractivity contribution in [2.24, 2.45) is 0 Å².